The largest absolute Gasteiger partial charge is 0.312 e. The van der Waals surface area contributed by atoms with Crippen molar-refractivity contribution >= 4 is 45.4 Å². The fourth-order valence-electron chi connectivity index (χ4n) is 2.29. The van der Waals surface area contributed by atoms with Crippen LogP contribution in [0.1, 0.15) is 32.8 Å². The van der Waals surface area contributed by atoms with Crippen molar-refractivity contribution in [2.75, 3.05) is 5.32 Å². The molecule has 0 aromatic carbocycles. The molecular formula is C13H8Cl2N4OS. The maximum absolute atomic E-state index is 12.3. The summed E-state index contributed by atoms with van der Waals surface area (Å²) in [5, 5.41) is 19.8. The third kappa shape index (κ3) is 2.60. The van der Waals surface area contributed by atoms with Crippen molar-refractivity contribution in [3.05, 3.63) is 37.9 Å². The minimum Gasteiger partial charge on any atom is -0.312 e. The summed E-state index contributed by atoms with van der Waals surface area (Å²) in [7, 11) is 0. The van der Waals surface area contributed by atoms with E-state index in [0.29, 0.717) is 10.6 Å². The van der Waals surface area contributed by atoms with Crippen LogP contribution in [0.4, 0.5) is 5.00 Å². The van der Waals surface area contributed by atoms with Gasteiger partial charge in [0.25, 0.3) is 5.91 Å². The molecule has 1 aliphatic carbocycles. The second-order valence-electron chi connectivity index (χ2n) is 4.50. The van der Waals surface area contributed by atoms with Gasteiger partial charge in [-0.3, -0.25) is 4.79 Å². The maximum Gasteiger partial charge on any atom is 0.259 e. The van der Waals surface area contributed by atoms with Crippen LogP contribution in [0.25, 0.3) is 0 Å². The van der Waals surface area contributed by atoms with E-state index in [0.717, 1.165) is 24.8 Å². The highest BCUT2D eigenvalue weighted by Crippen LogP contribution is 2.38. The Kier molecular flexibility index (Phi) is 3.81. The van der Waals surface area contributed by atoms with Crippen LogP contribution >= 0.6 is 34.5 Å². The predicted octanol–water partition coefficient (Wildman–Crippen LogP) is 3.46. The first-order valence-corrected chi connectivity index (χ1v) is 7.72. The molecule has 0 fully saturated rings. The highest BCUT2D eigenvalue weighted by atomic mass is 35.5. The Labute approximate surface area is 134 Å². The first-order chi connectivity index (χ1) is 10.1. The lowest BCUT2D eigenvalue weighted by Gasteiger charge is -2.05. The van der Waals surface area contributed by atoms with E-state index < -0.39 is 5.91 Å². The number of rotatable bonds is 2. The molecule has 0 spiro atoms. The van der Waals surface area contributed by atoms with Gasteiger partial charge in [-0.05, 0) is 30.9 Å². The normalized spacial score (nSPS) is 12.8. The Morgan fingerprint density at radius 3 is 2.95 bits per heavy atom. The van der Waals surface area contributed by atoms with Gasteiger partial charge < -0.3 is 5.32 Å². The van der Waals surface area contributed by atoms with Gasteiger partial charge in [-0.15, -0.1) is 21.5 Å². The zero-order chi connectivity index (χ0) is 15.0. The highest BCUT2D eigenvalue weighted by Gasteiger charge is 2.24. The van der Waals surface area contributed by atoms with Crippen LogP contribution in [0, 0.1) is 11.3 Å². The van der Waals surface area contributed by atoms with E-state index in [-0.39, 0.29) is 15.9 Å². The average Bonchev–Trinajstić information content (AvgIpc) is 3.01. The van der Waals surface area contributed by atoms with Crippen LogP contribution in [0.3, 0.4) is 0 Å². The number of aryl methyl sites for hydroxylation is 1. The fraction of sp³-hybridized carbons (Fsp3) is 0.231. The molecule has 2 heterocycles. The zero-order valence-corrected chi connectivity index (χ0v) is 12.9. The molecule has 0 atom stereocenters. The van der Waals surface area contributed by atoms with Crippen molar-refractivity contribution in [2.24, 2.45) is 0 Å². The third-order valence-corrected chi connectivity index (χ3v) is 4.89. The van der Waals surface area contributed by atoms with E-state index in [1.807, 2.05) is 0 Å². The van der Waals surface area contributed by atoms with Crippen LogP contribution in [-0.4, -0.2) is 16.1 Å². The summed E-state index contributed by atoms with van der Waals surface area (Å²) in [5.41, 5.74) is 1.73. The second kappa shape index (κ2) is 5.60. The van der Waals surface area contributed by atoms with Crippen molar-refractivity contribution in [2.45, 2.75) is 19.3 Å². The van der Waals surface area contributed by atoms with E-state index in [9.17, 15) is 10.1 Å². The average molecular weight is 339 g/mol. The summed E-state index contributed by atoms with van der Waals surface area (Å²) in [4.78, 5) is 13.4. The van der Waals surface area contributed by atoms with E-state index in [1.54, 1.807) is 0 Å². The molecule has 106 valence electrons. The van der Waals surface area contributed by atoms with Gasteiger partial charge in [0.2, 0.25) is 0 Å². The number of nitrogens with zero attached hydrogens (tertiary/aromatic N) is 3. The van der Waals surface area contributed by atoms with Crippen LogP contribution in [0.2, 0.25) is 10.3 Å². The van der Waals surface area contributed by atoms with Crippen LogP contribution < -0.4 is 5.32 Å². The fourth-order valence-corrected chi connectivity index (χ4v) is 3.85. The summed E-state index contributed by atoms with van der Waals surface area (Å²) in [6.45, 7) is 0. The number of carbonyl (C=O) groups excluding carboxylic acids is 1. The molecular weight excluding hydrogens is 331 g/mol. The molecule has 2 aromatic heterocycles. The number of nitriles is 1. The SMILES string of the molecule is N#Cc1c(NC(=O)c2cc(Cl)nnc2Cl)sc2c1CCC2. The molecule has 0 bridgehead atoms. The van der Waals surface area contributed by atoms with E-state index >= 15 is 0 Å². The summed E-state index contributed by atoms with van der Waals surface area (Å²) < 4.78 is 0. The Balaban J connectivity index is 1.92. The minimum atomic E-state index is -0.451. The molecule has 1 aliphatic rings. The van der Waals surface area contributed by atoms with Gasteiger partial charge in [0.1, 0.15) is 11.1 Å². The van der Waals surface area contributed by atoms with Gasteiger partial charge in [0.05, 0.1) is 11.1 Å². The van der Waals surface area contributed by atoms with Crippen molar-refractivity contribution < 1.29 is 4.79 Å². The predicted molar refractivity (Wildman–Crippen MR) is 81.1 cm³/mol. The number of halogens is 2. The van der Waals surface area contributed by atoms with Gasteiger partial charge in [0.15, 0.2) is 10.3 Å². The molecule has 0 unspecified atom stereocenters. The third-order valence-electron chi connectivity index (χ3n) is 3.22. The second-order valence-corrected chi connectivity index (χ2v) is 6.35. The lowest BCUT2D eigenvalue weighted by Crippen LogP contribution is -2.13. The van der Waals surface area contributed by atoms with Gasteiger partial charge in [-0.25, -0.2) is 0 Å². The minimum absolute atomic E-state index is 0.0282. The Morgan fingerprint density at radius 1 is 1.38 bits per heavy atom. The van der Waals surface area contributed by atoms with Gasteiger partial charge >= 0.3 is 0 Å². The molecule has 1 amide bonds. The van der Waals surface area contributed by atoms with Crippen LogP contribution in [-0.2, 0) is 12.8 Å². The van der Waals surface area contributed by atoms with Crippen molar-refractivity contribution in [3.8, 4) is 6.07 Å². The molecule has 3 rings (SSSR count). The number of amides is 1. The summed E-state index contributed by atoms with van der Waals surface area (Å²) >= 11 is 13.0. The maximum atomic E-state index is 12.3. The standard InChI is InChI=1S/C13H8Cl2N4OS/c14-10-4-7(11(15)19-18-10)12(20)17-13-8(5-16)6-2-1-3-9(6)21-13/h4H,1-3H2,(H,17,20). The number of nitrogens with one attached hydrogen (secondary N) is 1. The number of fused-ring (bicyclic) bond motifs is 1. The van der Waals surface area contributed by atoms with Crippen LogP contribution in [0.15, 0.2) is 6.07 Å². The molecule has 0 saturated heterocycles. The summed E-state index contributed by atoms with van der Waals surface area (Å²) in [6, 6.07) is 3.51. The Bertz CT molecular complexity index is 781. The van der Waals surface area contributed by atoms with Gasteiger partial charge in [-0.2, -0.15) is 5.26 Å². The number of anilines is 1. The summed E-state index contributed by atoms with van der Waals surface area (Å²) in [5.74, 6) is -0.451. The first kappa shape index (κ1) is 14.3. The van der Waals surface area contributed by atoms with E-state index in [2.05, 4.69) is 21.6 Å². The number of hydrogen-bond donors (Lipinski definition) is 1. The number of carbonyl (C=O) groups is 1. The monoisotopic (exact) mass is 338 g/mol. The van der Waals surface area contributed by atoms with Gasteiger partial charge in [0, 0.05) is 4.88 Å². The molecule has 21 heavy (non-hydrogen) atoms. The molecule has 0 aliphatic heterocycles. The molecule has 8 heteroatoms. The van der Waals surface area contributed by atoms with Crippen LogP contribution in [0.5, 0.6) is 0 Å². The quantitative estimate of drug-likeness (QED) is 0.909. The van der Waals surface area contributed by atoms with E-state index in [4.69, 9.17) is 23.2 Å². The zero-order valence-electron chi connectivity index (χ0n) is 10.6. The molecule has 0 saturated carbocycles. The van der Waals surface area contributed by atoms with Gasteiger partial charge in [-0.1, -0.05) is 23.2 Å². The van der Waals surface area contributed by atoms with E-state index in [1.165, 1.54) is 22.3 Å². The number of thiophene rings is 1. The number of hydrogen-bond acceptors (Lipinski definition) is 5. The Morgan fingerprint density at radius 2 is 2.19 bits per heavy atom. The Hall–Kier alpha value is -1.68. The topological polar surface area (TPSA) is 78.7 Å². The number of aromatic nitrogens is 2. The summed E-state index contributed by atoms with van der Waals surface area (Å²) in [6.07, 6.45) is 2.89. The molecule has 5 nitrogen and oxygen atoms in total. The first-order valence-electron chi connectivity index (χ1n) is 6.15. The molecule has 2 aromatic rings. The van der Waals surface area contributed by atoms with Crippen molar-refractivity contribution in [1.29, 1.82) is 5.26 Å². The lowest BCUT2D eigenvalue weighted by molar-refractivity contribution is 0.102. The smallest absolute Gasteiger partial charge is 0.259 e. The highest BCUT2D eigenvalue weighted by molar-refractivity contribution is 7.16. The lowest BCUT2D eigenvalue weighted by atomic mass is 10.1. The van der Waals surface area contributed by atoms with Crippen molar-refractivity contribution in [1.82, 2.24) is 10.2 Å². The molecule has 0 radical (unpaired) electrons. The molecule has 1 N–H and O–H groups in total. The van der Waals surface area contributed by atoms with Crippen molar-refractivity contribution in [3.63, 3.8) is 0 Å².